The van der Waals surface area contributed by atoms with Gasteiger partial charge in [-0.25, -0.2) is 5.43 Å². The highest BCUT2D eigenvalue weighted by molar-refractivity contribution is 9.10. The molecule has 4 rings (SSSR count). The number of nitro groups is 1. The zero-order chi connectivity index (χ0) is 25.7. The van der Waals surface area contributed by atoms with Gasteiger partial charge in [0.1, 0.15) is 12.2 Å². The van der Waals surface area contributed by atoms with E-state index in [9.17, 15) is 14.9 Å². The molecule has 1 heterocycles. The molecule has 0 aliphatic rings. The molecule has 9 nitrogen and oxygen atoms in total. The molecule has 0 aliphatic carbocycles. The number of furan rings is 1. The molecule has 0 bridgehead atoms. The lowest BCUT2D eigenvalue weighted by molar-refractivity contribution is -0.384. The van der Waals surface area contributed by atoms with Crippen LogP contribution in [0.5, 0.6) is 11.5 Å². The molecular formula is C25H19Br2N3O6. The number of hydrogen-bond acceptors (Lipinski definition) is 7. The average Bonchev–Trinajstić information content (AvgIpc) is 3.27. The van der Waals surface area contributed by atoms with Crippen molar-refractivity contribution in [1.29, 1.82) is 0 Å². The van der Waals surface area contributed by atoms with Gasteiger partial charge in [-0.3, -0.25) is 14.9 Å². The minimum atomic E-state index is -0.487. The Labute approximate surface area is 222 Å². The maximum Gasteiger partial charge on any atom is 0.307 e. The number of fused-ring (bicyclic) bond motifs is 1. The number of carbonyl (C=O) groups is 1. The van der Waals surface area contributed by atoms with Crippen molar-refractivity contribution in [3.8, 4) is 11.5 Å². The molecular weight excluding hydrogens is 598 g/mol. The molecule has 0 radical (unpaired) electrons. The van der Waals surface area contributed by atoms with E-state index in [-0.39, 0.29) is 18.1 Å². The minimum Gasteiger partial charge on any atom is -0.490 e. The van der Waals surface area contributed by atoms with Crippen molar-refractivity contribution in [2.75, 3.05) is 6.61 Å². The van der Waals surface area contributed by atoms with Crippen LogP contribution in [0.25, 0.3) is 11.0 Å². The molecule has 0 saturated carbocycles. The Kier molecular flexibility index (Phi) is 8.01. The first-order valence-electron chi connectivity index (χ1n) is 10.7. The Morgan fingerprint density at radius 3 is 2.75 bits per heavy atom. The van der Waals surface area contributed by atoms with E-state index in [1.54, 1.807) is 36.4 Å². The highest BCUT2D eigenvalue weighted by Gasteiger charge is 2.14. The lowest BCUT2D eigenvalue weighted by Crippen LogP contribution is -2.16. The first-order chi connectivity index (χ1) is 17.3. The maximum atomic E-state index is 12.4. The van der Waals surface area contributed by atoms with Crippen molar-refractivity contribution in [1.82, 2.24) is 5.43 Å². The van der Waals surface area contributed by atoms with E-state index in [0.717, 1.165) is 9.86 Å². The summed E-state index contributed by atoms with van der Waals surface area (Å²) in [5, 5.41) is 15.8. The van der Waals surface area contributed by atoms with Gasteiger partial charge >= 0.3 is 5.91 Å². The lowest BCUT2D eigenvalue weighted by Gasteiger charge is -2.14. The van der Waals surface area contributed by atoms with Crippen LogP contribution in [0.4, 0.5) is 5.69 Å². The summed E-state index contributed by atoms with van der Waals surface area (Å²) in [6.07, 6.45) is 1.47. The smallest absolute Gasteiger partial charge is 0.307 e. The predicted octanol–water partition coefficient (Wildman–Crippen LogP) is 6.61. The van der Waals surface area contributed by atoms with Crippen LogP contribution in [0.1, 0.15) is 28.6 Å². The third-order valence-corrected chi connectivity index (χ3v) is 6.00. The molecule has 0 unspecified atom stereocenters. The van der Waals surface area contributed by atoms with Crippen LogP contribution in [-0.4, -0.2) is 23.7 Å². The second-order valence-electron chi connectivity index (χ2n) is 7.47. The van der Waals surface area contributed by atoms with Crippen molar-refractivity contribution in [3.63, 3.8) is 0 Å². The number of nitrogens with one attached hydrogen (secondary N) is 1. The van der Waals surface area contributed by atoms with Crippen LogP contribution in [0, 0.1) is 10.1 Å². The van der Waals surface area contributed by atoms with Crippen LogP contribution in [0.3, 0.4) is 0 Å². The summed E-state index contributed by atoms with van der Waals surface area (Å²) in [4.78, 5) is 23.0. The third kappa shape index (κ3) is 6.10. The molecule has 184 valence electrons. The summed E-state index contributed by atoms with van der Waals surface area (Å²) in [5.74, 6) is 0.548. The van der Waals surface area contributed by atoms with Gasteiger partial charge < -0.3 is 13.9 Å². The number of ether oxygens (including phenoxy) is 2. The molecule has 1 aromatic heterocycles. The number of rotatable bonds is 9. The summed E-state index contributed by atoms with van der Waals surface area (Å²) in [6.45, 7) is 2.34. The van der Waals surface area contributed by atoms with E-state index < -0.39 is 10.8 Å². The van der Waals surface area contributed by atoms with Crippen LogP contribution >= 0.6 is 31.9 Å². The summed E-state index contributed by atoms with van der Waals surface area (Å²) < 4.78 is 18.7. The van der Waals surface area contributed by atoms with Crippen molar-refractivity contribution in [2.45, 2.75) is 13.5 Å². The van der Waals surface area contributed by atoms with Crippen LogP contribution < -0.4 is 14.9 Å². The normalized spacial score (nSPS) is 11.1. The van der Waals surface area contributed by atoms with Crippen LogP contribution in [0.2, 0.25) is 0 Å². The summed E-state index contributed by atoms with van der Waals surface area (Å²) in [6, 6.07) is 16.8. The molecule has 0 spiro atoms. The second-order valence-corrected chi connectivity index (χ2v) is 9.24. The molecule has 36 heavy (non-hydrogen) atoms. The number of non-ortho nitro benzene ring substituents is 1. The molecule has 0 fully saturated rings. The fourth-order valence-corrected chi connectivity index (χ4v) is 4.28. The topological polar surface area (TPSA) is 116 Å². The zero-order valence-corrected chi connectivity index (χ0v) is 22.0. The highest BCUT2D eigenvalue weighted by atomic mass is 79.9. The van der Waals surface area contributed by atoms with Gasteiger partial charge in [0.2, 0.25) is 0 Å². The fraction of sp³-hybridized carbons (Fsp3) is 0.120. The van der Waals surface area contributed by atoms with Crippen LogP contribution in [-0.2, 0) is 6.61 Å². The second kappa shape index (κ2) is 11.4. The molecule has 3 aromatic carbocycles. The number of nitro benzene ring substituents is 1. The quantitative estimate of drug-likeness (QED) is 0.129. The molecule has 1 amide bonds. The molecule has 11 heteroatoms. The third-order valence-electron chi connectivity index (χ3n) is 4.92. The van der Waals surface area contributed by atoms with E-state index in [1.807, 2.05) is 19.1 Å². The standard InChI is InChI=1S/C25H19Br2N3O6/c1-2-34-22-10-16(9-20(27)24(22)35-14-15-4-3-5-19(8-15)30(32)33)13-28-29-25(31)23-12-17-11-18(26)6-7-21(17)36-23/h3-13H,2,14H2,1H3,(H,29,31)/b28-13+. The van der Waals surface area contributed by atoms with Gasteiger partial charge in [0.15, 0.2) is 17.3 Å². The fourth-order valence-electron chi connectivity index (χ4n) is 3.33. The first-order valence-corrected chi connectivity index (χ1v) is 12.3. The predicted molar refractivity (Wildman–Crippen MR) is 142 cm³/mol. The minimum absolute atomic E-state index is 0.00989. The number of carbonyl (C=O) groups excluding carboxylic acids is 1. The van der Waals surface area contributed by atoms with Gasteiger partial charge in [-0.2, -0.15) is 5.10 Å². The summed E-state index contributed by atoms with van der Waals surface area (Å²) in [7, 11) is 0. The van der Waals surface area contributed by atoms with E-state index in [2.05, 4.69) is 42.4 Å². The zero-order valence-electron chi connectivity index (χ0n) is 18.9. The highest BCUT2D eigenvalue weighted by Crippen LogP contribution is 2.37. The Morgan fingerprint density at radius 1 is 1.14 bits per heavy atom. The van der Waals surface area contributed by atoms with Gasteiger partial charge in [-0.1, -0.05) is 28.1 Å². The summed E-state index contributed by atoms with van der Waals surface area (Å²) >= 11 is 6.87. The van der Waals surface area contributed by atoms with Crippen molar-refractivity contribution >= 4 is 60.6 Å². The Morgan fingerprint density at radius 2 is 1.97 bits per heavy atom. The van der Waals surface area contributed by atoms with E-state index in [1.165, 1.54) is 18.3 Å². The first kappa shape index (κ1) is 25.4. The van der Waals surface area contributed by atoms with Crippen molar-refractivity contribution in [2.24, 2.45) is 5.10 Å². The molecule has 0 atom stereocenters. The Bertz CT molecular complexity index is 1470. The van der Waals surface area contributed by atoms with Gasteiger partial charge in [-0.05, 0) is 70.4 Å². The molecule has 4 aromatic rings. The SMILES string of the molecule is CCOc1cc(/C=N/NC(=O)c2cc3cc(Br)ccc3o2)cc(Br)c1OCc1cccc([N+](=O)[O-])c1. The van der Waals surface area contributed by atoms with Gasteiger partial charge in [0.05, 0.1) is 22.2 Å². The largest absolute Gasteiger partial charge is 0.490 e. The van der Waals surface area contributed by atoms with Gasteiger partial charge in [-0.15, -0.1) is 0 Å². The number of halogens is 2. The number of amides is 1. The van der Waals surface area contributed by atoms with E-state index in [0.29, 0.717) is 39.3 Å². The van der Waals surface area contributed by atoms with Gasteiger partial charge in [0, 0.05) is 22.0 Å². The molecule has 1 N–H and O–H groups in total. The van der Waals surface area contributed by atoms with Crippen molar-refractivity contribution < 1.29 is 23.6 Å². The van der Waals surface area contributed by atoms with Crippen molar-refractivity contribution in [3.05, 3.63) is 96.6 Å². The van der Waals surface area contributed by atoms with Gasteiger partial charge in [0.25, 0.3) is 5.69 Å². The Hall–Kier alpha value is -3.70. The monoisotopic (exact) mass is 615 g/mol. The van der Waals surface area contributed by atoms with Crippen LogP contribution in [0.15, 0.2) is 79.1 Å². The Balaban J connectivity index is 1.47. The molecule has 0 aliphatic heterocycles. The lowest BCUT2D eigenvalue weighted by atomic mass is 10.2. The number of nitrogens with zero attached hydrogens (tertiary/aromatic N) is 2. The number of benzene rings is 3. The average molecular weight is 617 g/mol. The molecule has 0 saturated heterocycles. The van der Waals surface area contributed by atoms with E-state index in [4.69, 9.17) is 13.9 Å². The van der Waals surface area contributed by atoms with E-state index >= 15 is 0 Å². The number of hydrogen-bond donors (Lipinski definition) is 1. The summed E-state index contributed by atoms with van der Waals surface area (Å²) in [5.41, 5.74) is 4.32. The maximum absolute atomic E-state index is 12.4. The number of hydrazone groups is 1.